The molecule has 0 aromatic carbocycles. The van der Waals surface area contributed by atoms with E-state index in [4.69, 9.17) is 4.74 Å². The van der Waals surface area contributed by atoms with Gasteiger partial charge < -0.3 is 10.1 Å². The van der Waals surface area contributed by atoms with E-state index >= 15 is 0 Å². The number of hydrogen-bond acceptors (Lipinski definition) is 3. The van der Waals surface area contributed by atoms with Crippen LogP contribution in [0.1, 0.15) is 20.3 Å². The highest BCUT2D eigenvalue weighted by molar-refractivity contribution is 4.93. The molecule has 3 nitrogen and oxygen atoms in total. The van der Waals surface area contributed by atoms with E-state index in [0.29, 0.717) is 5.41 Å². The molecule has 88 valence electrons. The molecular weight excluding hydrogens is 188 g/mol. The van der Waals surface area contributed by atoms with Crippen LogP contribution in [-0.4, -0.2) is 50.8 Å². The number of nitrogens with zero attached hydrogens (tertiary/aromatic N) is 1. The van der Waals surface area contributed by atoms with Gasteiger partial charge in [-0.25, -0.2) is 0 Å². The van der Waals surface area contributed by atoms with Crippen molar-refractivity contribution in [3.63, 3.8) is 0 Å². The largest absolute Gasteiger partial charge is 0.379 e. The summed E-state index contributed by atoms with van der Waals surface area (Å²) in [7, 11) is 0. The van der Waals surface area contributed by atoms with Crippen LogP contribution in [0.2, 0.25) is 0 Å². The monoisotopic (exact) mass is 212 g/mol. The molecule has 0 radical (unpaired) electrons. The molecule has 2 aliphatic heterocycles. The normalized spacial score (nSPS) is 33.8. The summed E-state index contributed by atoms with van der Waals surface area (Å²) in [5, 5.41) is 3.53. The van der Waals surface area contributed by atoms with Crippen LogP contribution in [0.15, 0.2) is 0 Å². The van der Waals surface area contributed by atoms with E-state index < -0.39 is 0 Å². The fourth-order valence-corrected chi connectivity index (χ4v) is 2.78. The minimum absolute atomic E-state index is 0.511. The molecule has 2 fully saturated rings. The predicted octanol–water partition coefficient (Wildman–Crippen LogP) is 0.954. The summed E-state index contributed by atoms with van der Waals surface area (Å²) < 4.78 is 5.40. The van der Waals surface area contributed by atoms with Crippen molar-refractivity contribution in [3.05, 3.63) is 0 Å². The molecule has 2 heterocycles. The minimum Gasteiger partial charge on any atom is -0.379 e. The highest BCUT2D eigenvalue weighted by atomic mass is 16.5. The van der Waals surface area contributed by atoms with E-state index in [1.54, 1.807) is 0 Å². The molecule has 0 spiro atoms. The third kappa shape index (κ3) is 2.52. The zero-order chi connectivity index (χ0) is 10.7. The third-order valence-corrected chi connectivity index (χ3v) is 4.14. The van der Waals surface area contributed by atoms with Crippen molar-refractivity contribution >= 4 is 0 Å². The molecule has 0 bridgehead atoms. The quantitative estimate of drug-likeness (QED) is 0.754. The van der Waals surface area contributed by atoms with Gasteiger partial charge in [0.25, 0.3) is 0 Å². The summed E-state index contributed by atoms with van der Waals surface area (Å²) in [5.41, 5.74) is 0.511. The van der Waals surface area contributed by atoms with Gasteiger partial charge in [0.1, 0.15) is 0 Å². The van der Waals surface area contributed by atoms with Crippen LogP contribution in [0.5, 0.6) is 0 Å². The Morgan fingerprint density at radius 2 is 2.07 bits per heavy atom. The van der Waals surface area contributed by atoms with Crippen molar-refractivity contribution in [2.75, 3.05) is 45.9 Å². The van der Waals surface area contributed by atoms with Crippen LogP contribution >= 0.6 is 0 Å². The van der Waals surface area contributed by atoms with Gasteiger partial charge in [-0.3, -0.25) is 4.90 Å². The fraction of sp³-hybridized carbons (Fsp3) is 1.00. The van der Waals surface area contributed by atoms with Crippen LogP contribution in [0.3, 0.4) is 0 Å². The van der Waals surface area contributed by atoms with Crippen LogP contribution in [-0.2, 0) is 4.74 Å². The Kier molecular flexibility index (Phi) is 3.65. The molecule has 15 heavy (non-hydrogen) atoms. The Morgan fingerprint density at radius 1 is 1.33 bits per heavy atom. The Bertz CT molecular complexity index is 194. The molecule has 0 saturated carbocycles. The zero-order valence-electron chi connectivity index (χ0n) is 10.1. The summed E-state index contributed by atoms with van der Waals surface area (Å²) >= 11 is 0. The molecule has 0 aromatic heterocycles. The predicted molar refractivity (Wildman–Crippen MR) is 62.0 cm³/mol. The molecule has 0 aromatic rings. The molecule has 1 atom stereocenters. The van der Waals surface area contributed by atoms with Gasteiger partial charge in [0.2, 0.25) is 0 Å². The average molecular weight is 212 g/mol. The molecule has 0 amide bonds. The van der Waals surface area contributed by atoms with Crippen LogP contribution in [0.4, 0.5) is 0 Å². The van der Waals surface area contributed by atoms with E-state index in [-0.39, 0.29) is 0 Å². The topological polar surface area (TPSA) is 24.5 Å². The van der Waals surface area contributed by atoms with Crippen molar-refractivity contribution in [2.24, 2.45) is 11.3 Å². The minimum atomic E-state index is 0.511. The first-order valence-corrected chi connectivity index (χ1v) is 6.24. The van der Waals surface area contributed by atoms with Crippen LogP contribution in [0, 0.1) is 11.3 Å². The molecule has 3 heteroatoms. The maximum absolute atomic E-state index is 5.40. The Morgan fingerprint density at radius 3 is 2.60 bits per heavy atom. The maximum atomic E-state index is 5.40. The number of morpholine rings is 1. The van der Waals surface area contributed by atoms with Gasteiger partial charge in [-0.05, 0) is 24.3 Å². The van der Waals surface area contributed by atoms with E-state index in [1.165, 1.54) is 26.1 Å². The lowest BCUT2D eigenvalue weighted by Crippen LogP contribution is -2.46. The lowest BCUT2D eigenvalue weighted by molar-refractivity contribution is 0.00981. The van der Waals surface area contributed by atoms with Crippen LogP contribution < -0.4 is 5.32 Å². The summed E-state index contributed by atoms with van der Waals surface area (Å²) in [6.45, 7) is 12.5. The molecule has 1 unspecified atom stereocenters. The van der Waals surface area contributed by atoms with Gasteiger partial charge in [0, 0.05) is 26.2 Å². The fourth-order valence-electron chi connectivity index (χ4n) is 2.78. The maximum Gasteiger partial charge on any atom is 0.0594 e. The summed E-state index contributed by atoms with van der Waals surface area (Å²) in [6, 6.07) is 0. The molecule has 0 aliphatic carbocycles. The number of hydrogen-bond donors (Lipinski definition) is 1. The second-order valence-corrected chi connectivity index (χ2v) is 5.33. The van der Waals surface area contributed by atoms with Gasteiger partial charge >= 0.3 is 0 Å². The van der Waals surface area contributed by atoms with E-state index in [1.807, 2.05) is 0 Å². The lowest BCUT2D eigenvalue weighted by atomic mass is 9.76. The smallest absolute Gasteiger partial charge is 0.0594 e. The number of nitrogens with one attached hydrogen (secondary N) is 1. The number of ether oxygens (including phenoxy) is 1. The SMILES string of the molecule is CC(C)C1(CN2CCOCC2)CCNC1. The second kappa shape index (κ2) is 4.81. The van der Waals surface area contributed by atoms with Crippen molar-refractivity contribution in [3.8, 4) is 0 Å². The van der Waals surface area contributed by atoms with Gasteiger partial charge in [0.05, 0.1) is 13.2 Å². The summed E-state index contributed by atoms with van der Waals surface area (Å²) in [6.07, 6.45) is 1.34. The average Bonchev–Trinajstić information content (AvgIpc) is 2.69. The van der Waals surface area contributed by atoms with E-state index in [2.05, 4.69) is 24.1 Å². The Balaban J connectivity index is 1.93. The second-order valence-electron chi connectivity index (χ2n) is 5.33. The first kappa shape index (κ1) is 11.4. The number of rotatable bonds is 3. The van der Waals surface area contributed by atoms with Crippen molar-refractivity contribution in [1.29, 1.82) is 0 Å². The molecular formula is C12H24N2O. The zero-order valence-corrected chi connectivity index (χ0v) is 10.1. The van der Waals surface area contributed by atoms with Crippen molar-refractivity contribution in [1.82, 2.24) is 10.2 Å². The lowest BCUT2D eigenvalue weighted by Gasteiger charge is -2.39. The summed E-state index contributed by atoms with van der Waals surface area (Å²) in [5.74, 6) is 0.773. The standard InChI is InChI=1S/C12H24N2O/c1-11(2)12(3-4-13-9-12)10-14-5-7-15-8-6-14/h11,13H,3-10H2,1-2H3. The van der Waals surface area contributed by atoms with E-state index in [0.717, 1.165) is 32.2 Å². The molecule has 2 rings (SSSR count). The first-order valence-electron chi connectivity index (χ1n) is 6.24. The Hall–Kier alpha value is -0.120. The van der Waals surface area contributed by atoms with Crippen molar-refractivity contribution in [2.45, 2.75) is 20.3 Å². The van der Waals surface area contributed by atoms with E-state index in [9.17, 15) is 0 Å². The third-order valence-electron chi connectivity index (χ3n) is 4.14. The van der Waals surface area contributed by atoms with Gasteiger partial charge in [-0.15, -0.1) is 0 Å². The molecule has 2 saturated heterocycles. The molecule has 2 aliphatic rings. The van der Waals surface area contributed by atoms with Gasteiger partial charge in [-0.1, -0.05) is 13.8 Å². The highest BCUT2D eigenvalue weighted by Crippen LogP contribution is 2.35. The van der Waals surface area contributed by atoms with Gasteiger partial charge in [0.15, 0.2) is 0 Å². The van der Waals surface area contributed by atoms with Gasteiger partial charge in [-0.2, -0.15) is 0 Å². The first-order chi connectivity index (χ1) is 7.23. The van der Waals surface area contributed by atoms with Crippen molar-refractivity contribution < 1.29 is 4.74 Å². The Labute approximate surface area is 93.2 Å². The molecule has 1 N–H and O–H groups in total. The van der Waals surface area contributed by atoms with Crippen LogP contribution in [0.25, 0.3) is 0 Å². The highest BCUT2D eigenvalue weighted by Gasteiger charge is 2.38. The summed E-state index contributed by atoms with van der Waals surface area (Å²) in [4.78, 5) is 2.58.